The molecule has 27 heavy (non-hydrogen) atoms. The molecule has 0 aliphatic carbocycles. The van der Waals surface area contributed by atoms with Gasteiger partial charge >= 0.3 is 0 Å². The fourth-order valence-electron chi connectivity index (χ4n) is 3.18. The molecule has 0 spiro atoms. The minimum Gasteiger partial charge on any atom is -0.487 e. The van der Waals surface area contributed by atoms with Gasteiger partial charge < -0.3 is 20.7 Å². The zero-order valence-corrected chi connectivity index (χ0v) is 16.0. The quantitative estimate of drug-likeness (QED) is 0.574. The number of nitrogens with one attached hydrogen (secondary N) is 3. The molecular weight excluding hydrogens is 340 g/mol. The van der Waals surface area contributed by atoms with Crippen LogP contribution in [0.4, 0.5) is 5.69 Å². The number of aliphatic imine (C=N–C) groups is 1. The average molecular weight is 366 g/mol. The van der Waals surface area contributed by atoms with Crippen molar-refractivity contribution in [3.63, 3.8) is 0 Å². The summed E-state index contributed by atoms with van der Waals surface area (Å²) in [6, 6.07) is 17.4. The third-order valence-corrected chi connectivity index (χ3v) is 4.38. The van der Waals surface area contributed by atoms with Crippen LogP contribution in [-0.2, 0) is 4.79 Å². The van der Waals surface area contributed by atoms with Gasteiger partial charge in [-0.1, -0.05) is 36.4 Å². The number of guanidine groups is 1. The zero-order valence-electron chi connectivity index (χ0n) is 16.0. The number of rotatable bonds is 4. The van der Waals surface area contributed by atoms with E-state index in [0.717, 1.165) is 23.4 Å². The summed E-state index contributed by atoms with van der Waals surface area (Å²) in [5, 5.41) is 9.35. The van der Waals surface area contributed by atoms with Gasteiger partial charge in [-0.2, -0.15) is 0 Å². The van der Waals surface area contributed by atoms with E-state index in [1.165, 1.54) is 0 Å². The van der Waals surface area contributed by atoms with Crippen molar-refractivity contribution >= 4 is 17.6 Å². The topological polar surface area (TPSA) is 74.8 Å². The molecule has 1 amide bonds. The monoisotopic (exact) mass is 366 g/mol. The first kappa shape index (κ1) is 18.8. The lowest BCUT2D eigenvalue weighted by Crippen LogP contribution is -2.46. The van der Waals surface area contributed by atoms with E-state index < -0.39 is 0 Å². The van der Waals surface area contributed by atoms with Crippen LogP contribution in [0.1, 0.15) is 31.9 Å². The molecule has 6 nitrogen and oxygen atoms in total. The number of hydrogen-bond acceptors (Lipinski definition) is 3. The SMILES string of the molecule is CN=C(NCC(=O)Nc1ccccc1)NC1CC(C)(C)Oc2ccccc21. The van der Waals surface area contributed by atoms with Crippen molar-refractivity contribution in [2.75, 3.05) is 18.9 Å². The van der Waals surface area contributed by atoms with Crippen molar-refractivity contribution in [2.24, 2.45) is 4.99 Å². The largest absolute Gasteiger partial charge is 0.487 e. The Kier molecular flexibility index (Phi) is 5.64. The minimum absolute atomic E-state index is 0.0494. The van der Waals surface area contributed by atoms with Crippen LogP contribution >= 0.6 is 0 Å². The predicted molar refractivity (Wildman–Crippen MR) is 108 cm³/mol. The highest BCUT2D eigenvalue weighted by molar-refractivity contribution is 5.95. The van der Waals surface area contributed by atoms with Gasteiger partial charge in [0.05, 0.1) is 12.6 Å². The lowest BCUT2D eigenvalue weighted by molar-refractivity contribution is -0.115. The van der Waals surface area contributed by atoms with E-state index in [1.807, 2.05) is 48.5 Å². The van der Waals surface area contributed by atoms with Crippen LogP contribution in [-0.4, -0.2) is 31.1 Å². The average Bonchev–Trinajstić information content (AvgIpc) is 2.65. The molecule has 0 radical (unpaired) electrons. The van der Waals surface area contributed by atoms with Crippen LogP contribution in [0, 0.1) is 0 Å². The number of anilines is 1. The van der Waals surface area contributed by atoms with Gasteiger partial charge in [0.25, 0.3) is 0 Å². The number of ether oxygens (including phenoxy) is 1. The van der Waals surface area contributed by atoms with Gasteiger partial charge in [0.15, 0.2) is 5.96 Å². The van der Waals surface area contributed by atoms with Crippen molar-refractivity contribution in [3.8, 4) is 5.75 Å². The molecule has 0 saturated carbocycles. The molecule has 0 saturated heterocycles. The van der Waals surface area contributed by atoms with Crippen LogP contribution in [0.5, 0.6) is 5.75 Å². The highest BCUT2D eigenvalue weighted by Crippen LogP contribution is 2.39. The predicted octanol–water partition coefficient (Wildman–Crippen LogP) is 3.09. The van der Waals surface area contributed by atoms with Crippen LogP contribution in [0.25, 0.3) is 0 Å². The fourth-order valence-corrected chi connectivity index (χ4v) is 3.18. The lowest BCUT2D eigenvalue weighted by Gasteiger charge is -2.38. The van der Waals surface area contributed by atoms with Gasteiger partial charge in [-0.25, -0.2) is 0 Å². The van der Waals surface area contributed by atoms with Crippen LogP contribution < -0.4 is 20.7 Å². The van der Waals surface area contributed by atoms with E-state index >= 15 is 0 Å². The van der Waals surface area contributed by atoms with Gasteiger partial charge in [-0.15, -0.1) is 0 Å². The summed E-state index contributed by atoms with van der Waals surface area (Å²) in [7, 11) is 1.70. The summed E-state index contributed by atoms with van der Waals surface area (Å²) in [5.74, 6) is 1.33. The maximum Gasteiger partial charge on any atom is 0.243 e. The second kappa shape index (κ2) is 8.12. The second-order valence-corrected chi connectivity index (χ2v) is 7.14. The summed E-state index contributed by atoms with van der Waals surface area (Å²) in [6.45, 7) is 4.27. The van der Waals surface area contributed by atoms with Crippen molar-refractivity contribution in [3.05, 3.63) is 60.2 Å². The summed E-state index contributed by atoms with van der Waals surface area (Å²) < 4.78 is 6.06. The Hall–Kier alpha value is -3.02. The first-order chi connectivity index (χ1) is 13.0. The maximum atomic E-state index is 12.2. The van der Waals surface area contributed by atoms with Gasteiger partial charge in [-0.05, 0) is 32.0 Å². The Morgan fingerprint density at radius 2 is 1.85 bits per heavy atom. The van der Waals surface area contributed by atoms with Gasteiger partial charge in [0.2, 0.25) is 5.91 Å². The van der Waals surface area contributed by atoms with Crippen LogP contribution in [0.15, 0.2) is 59.6 Å². The van der Waals surface area contributed by atoms with E-state index in [9.17, 15) is 4.79 Å². The summed E-state index contributed by atoms with van der Waals surface area (Å²) in [5.41, 5.74) is 1.58. The molecule has 142 valence electrons. The normalized spacial score (nSPS) is 18.0. The maximum absolute atomic E-state index is 12.2. The molecule has 0 aromatic heterocycles. The number of para-hydroxylation sites is 2. The van der Waals surface area contributed by atoms with Crippen molar-refractivity contribution in [2.45, 2.75) is 31.9 Å². The molecule has 2 aromatic carbocycles. The molecule has 1 aliphatic rings. The van der Waals surface area contributed by atoms with E-state index in [0.29, 0.717) is 5.96 Å². The Labute approximate surface area is 160 Å². The Bertz CT molecular complexity index is 818. The molecular formula is C21H26N4O2. The third kappa shape index (κ3) is 5.00. The number of nitrogens with zero attached hydrogens (tertiary/aromatic N) is 1. The molecule has 1 atom stereocenters. The Balaban J connectivity index is 1.61. The van der Waals surface area contributed by atoms with E-state index in [4.69, 9.17) is 4.74 Å². The Morgan fingerprint density at radius 3 is 2.59 bits per heavy atom. The number of carbonyl (C=O) groups excluding carboxylic acids is 1. The summed E-state index contributed by atoms with van der Waals surface area (Å²) in [4.78, 5) is 16.4. The third-order valence-electron chi connectivity index (χ3n) is 4.38. The fraction of sp³-hybridized carbons (Fsp3) is 0.333. The van der Waals surface area contributed by atoms with Crippen LogP contribution in [0.2, 0.25) is 0 Å². The van der Waals surface area contributed by atoms with E-state index in [1.54, 1.807) is 7.05 Å². The molecule has 1 unspecified atom stereocenters. The number of fused-ring (bicyclic) bond motifs is 1. The van der Waals surface area contributed by atoms with Crippen molar-refractivity contribution in [1.29, 1.82) is 0 Å². The molecule has 0 fully saturated rings. The smallest absolute Gasteiger partial charge is 0.243 e. The summed E-state index contributed by atoms with van der Waals surface area (Å²) in [6.07, 6.45) is 0.793. The van der Waals surface area contributed by atoms with Gasteiger partial charge in [0, 0.05) is 24.7 Å². The van der Waals surface area contributed by atoms with Crippen LogP contribution in [0.3, 0.4) is 0 Å². The molecule has 3 rings (SSSR count). The van der Waals surface area contributed by atoms with Crippen molar-refractivity contribution in [1.82, 2.24) is 10.6 Å². The van der Waals surface area contributed by atoms with E-state index in [2.05, 4.69) is 40.9 Å². The van der Waals surface area contributed by atoms with E-state index in [-0.39, 0.29) is 24.1 Å². The van der Waals surface area contributed by atoms with Crippen molar-refractivity contribution < 1.29 is 9.53 Å². The minimum atomic E-state index is -0.282. The Morgan fingerprint density at radius 1 is 1.15 bits per heavy atom. The molecule has 2 aromatic rings. The highest BCUT2D eigenvalue weighted by Gasteiger charge is 2.33. The first-order valence-electron chi connectivity index (χ1n) is 9.07. The molecule has 1 heterocycles. The number of benzene rings is 2. The number of hydrogen-bond donors (Lipinski definition) is 3. The second-order valence-electron chi connectivity index (χ2n) is 7.14. The number of amides is 1. The lowest BCUT2D eigenvalue weighted by atomic mass is 9.90. The zero-order chi connectivity index (χ0) is 19.3. The highest BCUT2D eigenvalue weighted by atomic mass is 16.5. The number of carbonyl (C=O) groups is 1. The first-order valence-corrected chi connectivity index (χ1v) is 9.07. The standard InChI is InChI=1S/C21H26N4O2/c1-21(2)13-17(16-11-7-8-12-18(16)27-21)25-20(22-3)23-14-19(26)24-15-9-5-4-6-10-15/h4-12,17H,13-14H2,1-3H3,(H,24,26)(H2,22,23,25). The summed E-state index contributed by atoms with van der Waals surface area (Å²) >= 11 is 0. The molecule has 0 bridgehead atoms. The van der Waals surface area contributed by atoms with Gasteiger partial charge in [0.1, 0.15) is 11.4 Å². The molecule has 3 N–H and O–H groups in total. The molecule has 6 heteroatoms. The van der Waals surface area contributed by atoms with Gasteiger partial charge in [-0.3, -0.25) is 9.79 Å². The molecule has 1 aliphatic heterocycles.